The van der Waals surface area contributed by atoms with Gasteiger partial charge in [-0.15, -0.1) is 0 Å². The van der Waals surface area contributed by atoms with Gasteiger partial charge in [0.05, 0.1) is 0 Å². The van der Waals surface area contributed by atoms with E-state index < -0.39 is 18.4 Å². The first-order chi connectivity index (χ1) is 7.49. The zero-order valence-electron chi connectivity index (χ0n) is 12.4. The first kappa shape index (κ1) is 16.8. The van der Waals surface area contributed by atoms with Crippen molar-refractivity contribution in [3.05, 3.63) is 0 Å². The van der Waals surface area contributed by atoms with E-state index in [4.69, 9.17) is 0 Å². The van der Waals surface area contributed by atoms with Gasteiger partial charge in [0.1, 0.15) is 0 Å². The molecular formula is C15H34Sn. The molecule has 0 amide bonds. The maximum absolute atomic E-state index is 2.60. The first-order valence-electron chi connectivity index (χ1n) is 7.49. The average Bonchev–Trinajstić information content (AvgIpc) is 2.18. The van der Waals surface area contributed by atoms with Crippen LogP contribution < -0.4 is 0 Å². The van der Waals surface area contributed by atoms with Crippen LogP contribution in [0.2, 0.25) is 19.3 Å². The van der Waals surface area contributed by atoms with Crippen molar-refractivity contribution in [3.63, 3.8) is 0 Å². The molecule has 0 aromatic carbocycles. The molecule has 1 unspecified atom stereocenters. The van der Waals surface area contributed by atoms with E-state index in [1.807, 2.05) is 0 Å². The van der Waals surface area contributed by atoms with Gasteiger partial charge in [-0.25, -0.2) is 0 Å². The molecule has 0 heterocycles. The number of unbranched alkanes of at least 4 members (excludes halogenated alkanes) is 4. The quantitative estimate of drug-likeness (QED) is 0.335. The predicted molar refractivity (Wildman–Crippen MR) is 79.9 cm³/mol. The summed E-state index contributed by atoms with van der Waals surface area (Å²) in [7, 11) is 0. The predicted octanol–water partition coefficient (Wildman–Crippen LogP) is 6.10. The summed E-state index contributed by atoms with van der Waals surface area (Å²) in [4.78, 5) is 7.79. The average molecular weight is 333 g/mol. The van der Waals surface area contributed by atoms with Gasteiger partial charge in [-0.2, -0.15) is 0 Å². The van der Waals surface area contributed by atoms with Crippen LogP contribution >= 0.6 is 0 Å². The summed E-state index contributed by atoms with van der Waals surface area (Å²) >= 11 is -1.53. The molecule has 0 saturated heterocycles. The Morgan fingerprint density at radius 2 is 1.31 bits per heavy atom. The molecule has 98 valence electrons. The summed E-state index contributed by atoms with van der Waals surface area (Å²) in [5.74, 6) is 1.08. The van der Waals surface area contributed by atoms with Crippen LogP contribution in [0.25, 0.3) is 0 Å². The number of rotatable bonds is 10. The zero-order valence-corrected chi connectivity index (χ0v) is 15.3. The van der Waals surface area contributed by atoms with Crippen LogP contribution in [0.4, 0.5) is 0 Å². The van der Waals surface area contributed by atoms with Gasteiger partial charge >= 0.3 is 109 Å². The second-order valence-electron chi connectivity index (χ2n) is 6.62. The van der Waals surface area contributed by atoms with E-state index in [2.05, 4.69) is 28.7 Å². The van der Waals surface area contributed by atoms with Gasteiger partial charge in [-0.05, 0) is 0 Å². The Morgan fingerprint density at radius 3 is 1.81 bits per heavy atom. The molecular weight excluding hydrogens is 299 g/mol. The molecule has 0 aromatic heterocycles. The van der Waals surface area contributed by atoms with E-state index in [9.17, 15) is 0 Å². The fourth-order valence-electron chi connectivity index (χ4n) is 2.57. The van der Waals surface area contributed by atoms with Gasteiger partial charge in [0.2, 0.25) is 0 Å². The Bertz CT molecular complexity index is 146. The molecule has 0 rings (SSSR count). The summed E-state index contributed by atoms with van der Waals surface area (Å²) in [6, 6.07) is 0. The molecule has 0 saturated carbocycles. The molecule has 16 heavy (non-hydrogen) atoms. The third-order valence-corrected chi connectivity index (χ3v) is 8.48. The van der Waals surface area contributed by atoms with Gasteiger partial charge in [0.15, 0.2) is 0 Å². The third-order valence-electron chi connectivity index (χ3n) is 3.33. The van der Waals surface area contributed by atoms with E-state index in [1.165, 1.54) is 51.4 Å². The van der Waals surface area contributed by atoms with E-state index in [0.29, 0.717) is 0 Å². The van der Waals surface area contributed by atoms with Crippen molar-refractivity contribution in [2.45, 2.75) is 84.5 Å². The second kappa shape index (κ2) is 9.79. The molecule has 0 aromatic rings. The van der Waals surface area contributed by atoms with Crippen LogP contribution in [0.5, 0.6) is 0 Å². The van der Waals surface area contributed by atoms with Gasteiger partial charge < -0.3 is 0 Å². The van der Waals surface area contributed by atoms with Crippen molar-refractivity contribution < 1.29 is 0 Å². The summed E-state index contributed by atoms with van der Waals surface area (Å²) in [5.41, 5.74) is 0. The summed E-state index contributed by atoms with van der Waals surface area (Å²) in [6.45, 7) is 4.63. The molecule has 0 aliphatic heterocycles. The maximum atomic E-state index is 2.60. The van der Waals surface area contributed by atoms with Crippen LogP contribution in [0.3, 0.4) is 0 Å². The molecule has 0 bridgehead atoms. The molecule has 0 spiro atoms. The summed E-state index contributed by atoms with van der Waals surface area (Å²) in [6.07, 6.45) is 11.6. The molecule has 0 aliphatic carbocycles. The SMILES string of the molecule is CCCCCCC(CCCC)[CH2][Sn]([CH3])([CH3])[CH3]. The molecule has 0 aliphatic rings. The molecule has 0 N–H and O–H groups in total. The van der Waals surface area contributed by atoms with Crippen molar-refractivity contribution in [2.75, 3.05) is 0 Å². The van der Waals surface area contributed by atoms with Crippen LogP contribution in [-0.4, -0.2) is 18.4 Å². The van der Waals surface area contributed by atoms with Crippen LogP contribution in [0.1, 0.15) is 65.2 Å². The van der Waals surface area contributed by atoms with Gasteiger partial charge in [-0.1, -0.05) is 0 Å². The van der Waals surface area contributed by atoms with Crippen molar-refractivity contribution in [3.8, 4) is 0 Å². The monoisotopic (exact) mass is 334 g/mol. The van der Waals surface area contributed by atoms with E-state index in [-0.39, 0.29) is 0 Å². The number of hydrogen-bond acceptors (Lipinski definition) is 0. The molecule has 0 fully saturated rings. The molecule has 0 radical (unpaired) electrons. The zero-order chi connectivity index (χ0) is 12.4. The fraction of sp³-hybridized carbons (Fsp3) is 1.00. The normalized spacial score (nSPS) is 14.1. The molecule has 1 heteroatoms. The van der Waals surface area contributed by atoms with Crippen LogP contribution in [-0.2, 0) is 0 Å². The van der Waals surface area contributed by atoms with Gasteiger partial charge in [0.25, 0.3) is 0 Å². The minimum absolute atomic E-state index is 1.08. The van der Waals surface area contributed by atoms with Gasteiger partial charge in [0, 0.05) is 0 Å². The fourth-order valence-corrected chi connectivity index (χ4v) is 8.68. The summed E-state index contributed by atoms with van der Waals surface area (Å²) < 4.78 is 1.63. The Labute approximate surface area is 108 Å². The molecule has 0 nitrogen and oxygen atoms in total. The Morgan fingerprint density at radius 1 is 0.750 bits per heavy atom. The van der Waals surface area contributed by atoms with Gasteiger partial charge in [-0.3, -0.25) is 0 Å². The third kappa shape index (κ3) is 11.3. The number of hydrogen-bond donors (Lipinski definition) is 0. The second-order valence-corrected chi connectivity index (χ2v) is 22.4. The van der Waals surface area contributed by atoms with E-state index in [1.54, 1.807) is 4.44 Å². The van der Waals surface area contributed by atoms with Crippen LogP contribution in [0.15, 0.2) is 0 Å². The van der Waals surface area contributed by atoms with Crippen molar-refractivity contribution in [2.24, 2.45) is 5.92 Å². The Balaban J connectivity index is 3.81. The van der Waals surface area contributed by atoms with Crippen molar-refractivity contribution in [1.82, 2.24) is 0 Å². The van der Waals surface area contributed by atoms with Crippen molar-refractivity contribution in [1.29, 1.82) is 0 Å². The standard InChI is InChI=1S/C12H25.3CH3.Sn/c1-4-6-8-9-11-12(3)10-7-5-2;;;;/h12H,3-11H2,1-2H3;3*1H3;. The van der Waals surface area contributed by atoms with E-state index >= 15 is 0 Å². The van der Waals surface area contributed by atoms with E-state index in [0.717, 1.165) is 5.92 Å². The molecule has 1 atom stereocenters. The summed E-state index contributed by atoms with van der Waals surface area (Å²) in [5, 5.41) is 0. The van der Waals surface area contributed by atoms with Crippen LogP contribution in [0, 0.1) is 5.92 Å². The Kier molecular flexibility index (Phi) is 10.3. The topological polar surface area (TPSA) is 0 Å². The Hall–Kier alpha value is 0.799. The first-order valence-corrected chi connectivity index (χ1v) is 18.1. The minimum atomic E-state index is -1.53. The van der Waals surface area contributed by atoms with Crippen molar-refractivity contribution >= 4 is 18.4 Å².